The molecule has 2 aromatic carbocycles. The highest BCUT2D eigenvalue weighted by Gasteiger charge is 2.26. The fourth-order valence-corrected chi connectivity index (χ4v) is 4.68. The minimum Gasteiger partial charge on any atom is -0.497 e. The van der Waals surface area contributed by atoms with E-state index in [1.165, 1.54) is 16.9 Å². The smallest absolute Gasteiger partial charge is 0.119 e. The van der Waals surface area contributed by atoms with Crippen LogP contribution in [0.1, 0.15) is 18.1 Å². The van der Waals surface area contributed by atoms with Crippen molar-refractivity contribution in [2.45, 2.75) is 19.9 Å². The zero-order valence-electron chi connectivity index (χ0n) is 18.2. The molecule has 0 bridgehead atoms. The lowest BCUT2D eigenvalue weighted by molar-refractivity contribution is 0.415. The number of piperazine rings is 2. The molecule has 0 aromatic heterocycles. The average molecular weight is 406 g/mol. The van der Waals surface area contributed by atoms with Crippen LogP contribution in [0.2, 0.25) is 0 Å². The van der Waals surface area contributed by atoms with Crippen LogP contribution in [-0.2, 0) is 0 Å². The number of methoxy groups -OCH3 is 1. The molecule has 0 radical (unpaired) electrons. The van der Waals surface area contributed by atoms with Crippen molar-refractivity contribution in [3.63, 3.8) is 0 Å². The van der Waals surface area contributed by atoms with Crippen LogP contribution in [-0.4, -0.2) is 59.0 Å². The van der Waals surface area contributed by atoms with E-state index >= 15 is 0 Å². The van der Waals surface area contributed by atoms with E-state index in [2.05, 4.69) is 58.1 Å². The van der Waals surface area contributed by atoms with E-state index in [0.717, 1.165) is 62.8 Å². The third-order valence-corrected chi connectivity index (χ3v) is 6.37. The molecule has 6 heteroatoms. The van der Waals surface area contributed by atoms with Gasteiger partial charge in [-0.05, 0) is 55.8 Å². The lowest BCUT2D eigenvalue weighted by Gasteiger charge is -2.41. The highest BCUT2D eigenvalue weighted by molar-refractivity contribution is 5.74. The van der Waals surface area contributed by atoms with E-state index in [9.17, 15) is 5.26 Å². The number of anilines is 3. The van der Waals surface area contributed by atoms with Crippen LogP contribution >= 0.6 is 0 Å². The molecule has 0 amide bonds. The molecule has 2 heterocycles. The third kappa shape index (κ3) is 3.90. The summed E-state index contributed by atoms with van der Waals surface area (Å²) in [6.07, 6.45) is 0. The van der Waals surface area contributed by atoms with Crippen LogP contribution in [0.3, 0.4) is 0 Å². The van der Waals surface area contributed by atoms with Crippen molar-refractivity contribution in [1.29, 1.82) is 5.26 Å². The second kappa shape index (κ2) is 8.85. The van der Waals surface area contributed by atoms with Crippen molar-refractivity contribution < 1.29 is 4.74 Å². The second-order valence-corrected chi connectivity index (χ2v) is 8.14. The van der Waals surface area contributed by atoms with Crippen LogP contribution in [0.5, 0.6) is 5.75 Å². The molecule has 2 fully saturated rings. The molecular weight excluding hydrogens is 374 g/mol. The van der Waals surface area contributed by atoms with Gasteiger partial charge in [0.15, 0.2) is 0 Å². The molecule has 158 valence electrons. The maximum Gasteiger partial charge on any atom is 0.119 e. The van der Waals surface area contributed by atoms with Gasteiger partial charge in [-0.15, -0.1) is 0 Å². The Labute approximate surface area is 179 Å². The largest absolute Gasteiger partial charge is 0.497 e. The zero-order chi connectivity index (χ0) is 21.1. The first kappa shape index (κ1) is 20.4. The molecule has 1 atom stereocenters. The van der Waals surface area contributed by atoms with Crippen molar-refractivity contribution in [2.24, 2.45) is 0 Å². The molecule has 0 spiro atoms. The average Bonchev–Trinajstić information content (AvgIpc) is 2.80. The van der Waals surface area contributed by atoms with Gasteiger partial charge in [0, 0.05) is 63.2 Å². The van der Waals surface area contributed by atoms with Gasteiger partial charge in [-0.1, -0.05) is 0 Å². The fraction of sp³-hybridized carbons (Fsp3) is 0.458. The van der Waals surface area contributed by atoms with E-state index in [0.29, 0.717) is 6.04 Å². The molecule has 1 unspecified atom stereocenters. The quantitative estimate of drug-likeness (QED) is 0.844. The molecular formula is C24H31N5O. The number of hydrogen-bond donors (Lipinski definition) is 1. The highest BCUT2D eigenvalue weighted by Crippen LogP contribution is 2.35. The summed E-state index contributed by atoms with van der Waals surface area (Å²) < 4.78 is 5.27. The summed E-state index contributed by atoms with van der Waals surface area (Å²) in [5.41, 5.74) is 5.58. The first-order valence-electron chi connectivity index (χ1n) is 10.8. The Balaban J connectivity index is 1.55. The van der Waals surface area contributed by atoms with Gasteiger partial charge in [-0.2, -0.15) is 5.26 Å². The molecule has 2 aliphatic heterocycles. The lowest BCUT2D eigenvalue weighted by atomic mass is 10.0. The number of nitrogens with zero attached hydrogens (tertiary/aromatic N) is 4. The first-order valence-corrected chi connectivity index (χ1v) is 10.8. The third-order valence-electron chi connectivity index (χ3n) is 6.37. The molecule has 2 aliphatic rings. The van der Waals surface area contributed by atoms with Gasteiger partial charge in [-0.25, -0.2) is 0 Å². The predicted octanol–water partition coefficient (Wildman–Crippen LogP) is 3.00. The Morgan fingerprint density at radius 2 is 1.70 bits per heavy atom. The second-order valence-electron chi connectivity index (χ2n) is 8.14. The fourth-order valence-electron chi connectivity index (χ4n) is 4.68. The molecule has 30 heavy (non-hydrogen) atoms. The number of hydrogen-bond acceptors (Lipinski definition) is 6. The van der Waals surface area contributed by atoms with Crippen molar-refractivity contribution in [2.75, 3.05) is 67.6 Å². The van der Waals surface area contributed by atoms with Gasteiger partial charge < -0.3 is 24.8 Å². The van der Waals surface area contributed by atoms with Gasteiger partial charge in [0.05, 0.1) is 18.4 Å². The minimum absolute atomic E-state index is 0.449. The van der Waals surface area contributed by atoms with Gasteiger partial charge in [0.25, 0.3) is 0 Å². The molecule has 0 saturated carbocycles. The Kier molecular flexibility index (Phi) is 6.01. The number of benzene rings is 2. The van der Waals surface area contributed by atoms with Crippen molar-refractivity contribution >= 4 is 17.1 Å². The maximum absolute atomic E-state index is 9.78. The monoisotopic (exact) mass is 405 g/mol. The predicted molar refractivity (Wildman–Crippen MR) is 123 cm³/mol. The topological polar surface area (TPSA) is 54.8 Å². The van der Waals surface area contributed by atoms with Crippen LogP contribution in [0.25, 0.3) is 0 Å². The van der Waals surface area contributed by atoms with Crippen LogP contribution in [0.15, 0.2) is 36.4 Å². The van der Waals surface area contributed by atoms with E-state index in [1.54, 1.807) is 7.11 Å². The van der Waals surface area contributed by atoms with Crippen LogP contribution in [0, 0.1) is 18.3 Å². The lowest BCUT2D eigenvalue weighted by Crippen LogP contribution is -2.50. The standard InChI is InChI=1S/C24H31N5O/c1-18-17-26-10-11-29(18)23-9-4-20(16-25)24(19(23)2)28-14-12-27(13-15-28)21-5-7-22(30-3)8-6-21/h4-9,18,26H,10-15,17H2,1-3H3. The molecule has 2 aromatic rings. The Hall–Kier alpha value is -2.91. The Morgan fingerprint density at radius 1 is 1.00 bits per heavy atom. The highest BCUT2D eigenvalue weighted by atomic mass is 16.5. The normalized spacial score (nSPS) is 19.5. The maximum atomic E-state index is 9.78. The van der Waals surface area contributed by atoms with Crippen LogP contribution < -0.4 is 24.8 Å². The molecule has 0 aliphatic carbocycles. The molecule has 6 nitrogen and oxygen atoms in total. The summed E-state index contributed by atoms with van der Waals surface area (Å²) in [6.45, 7) is 11.1. The van der Waals surface area contributed by atoms with E-state index < -0.39 is 0 Å². The Morgan fingerprint density at radius 3 is 2.33 bits per heavy atom. The summed E-state index contributed by atoms with van der Waals surface area (Å²) in [4.78, 5) is 7.27. The van der Waals surface area contributed by atoms with Crippen LogP contribution in [0.4, 0.5) is 17.1 Å². The van der Waals surface area contributed by atoms with E-state index in [4.69, 9.17) is 4.74 Å². The first-order chi connectivity index (χ1) is 14.6. The van der Waals surface area contributed by atoms with E-state index in [-0.39, 0.29) is 0 Å². The summed E-state index contributed by atoms with van der Waals surface area (Å²) in [6, 6.07) is 15.3. The molecule has 4 rings (SSSR count). The SMILES string of the molecule is COc1ccc(N2CCN(c3c(C#N)ccc(N4CCNCC4C)c3C)CC2)cc1. The van der Waals surface area contributed by atoms with Gasteiger partial charge >= 0.3 is 0 Å². The summed E-state index contributed by atoms with van der Waals surface area (Å²) >= 11 is 0. The van der Waals surface area contributed by atoms with Gasteiger partial charge in [0.1, 0.15) is 11.8 Å². The number of nitriles is 1. The Bertz CT molecular complexity index is 912. The number of rotatable bonds is 4. The summed E-state index contributed by atoms with van der Waals surface area (Å²) in [5, 5.41) is 13.2. The molecule has 2 saturated heterocycles. The van der Waals surface area contributed by atoms with E-state index in [1.807, 2.05) is 18.2 Å². The van der Waals surface area contributed by atoms with Gasteiger partial charge in [0.2, 0.25) is 0 Å². The van der Waals surface area contributed by atoms with Crippen molar-refractivity contribution in [3.05, 3.63) is 47.5 Å². The summed E-state index contributed by atoms with van der Waals surface area (Å²) in [5.74, 6) is 0.880. The zero-order valence-corrected chi connectivity index (χ0v) is 18.2. The van der Waals surface area contributed by atoms with Crippen molar-refractivity contribution in [1.82, 2.24) is 5.32 Å². The number of ether oxygens (including phenoxy) is 1. The van der Waals surface area contributed by atoms with Crippen molar-refractivity contribution in [3.8, 4) is 11.8 Å². The van der Waals surface area contributed by atoms with Gasteiger partial charge in [-0.3, -0.25) is 0 Å². The number of nitrogens with one attached hydrogen (secondary N) is 1. The summed E-state index contributed by atoms with van der Waals surface area (Å²) in [7, 11) is 1.69. The minimum atomic E-state index is 0.449. The molecule has 1 N–H and O–H groups in total.